The molecule has 1 aliphatic rings. The largest absolute Gasteiger partial charge is 0.383 e. The molecule has 1 unspecified atom stereocenters. The lowest BCUT2D eigenvalue weighted by molar-refractivity contribution is -0.128. The van der Waals surface area contributed by atoms with Gasteiger partial charge >= 0.3 is 0 Å². The first kappa shape index (κ1) is 18.5. The first-order valence-corrected chi connectivity index (χ1v) is 9.61. The smallest absolute Gasteiger partial charge is 0.250 e. The summed E-state index contributed by atoms with van der Waals surface area (Å²) in [6.45, 7) is 1.26. The Bertz CT molecular complexity index is 1020. The van der Waals surface area contributed by atoms with Gasteiger partial charge in [0.2, 0.25) is 22.7 Å². The molecule has 146 valence electrons. The van der Waals surface area contributed by atoms with Crippen LogP contribution in [0.4, 0.5) is 10.3 Å². The van der Waals surface area contributed by atoms with Gasteiger partial charge in [0.25, 0.3) is 0 Å². The van der Waals surface area contributed by atoms with Gasteiger partial charge in [0.05, 0.1) is 18.2 Å². The molecule has 2 aromatic heterocycles. The molecule has 2 amide bonds. The van der Waals surface area contributed by atoms with Crippen LogP contribution in [-0.4, -0.2) is 58.1 Å². The number of fused-ring (bicyclic) bond motifs is 1. The molecule has 1 N–H and O–H groups in total. The molecule has 0 bridgehead atoms. The molecule has 3 heterocycles. The van der Waals surface area contributed by atoms with Gasteiger partial charge in [-0.3, -0.25) is 14.9 Å². The number of hydrogen-bond donors (Lipinski definition) is 1. The van der Waals surface area contributed by atoms with Gasteiger partial charge in [0.1, 0.15) is 5.82 Å². The maximum absolute atomic E-state index is 13.1. The van der Waals surface area contributed by atoms with Gasteiger partial charge < -0.3 is 9.64 Å². The molecule has 8 nitrogen and oxygen atoms in total. The number of halogens is 1. The lowest BCUT2D eigenvalue weighted by atomic mass is 10.1. The molecule has 1 fully saturated rings. The van der Waals surface area contributed by atoms with E-state index in [4.69, 9.17) is 4.74 Å². The van der Waals surface area contributed by atoms with Gasteiger partial charge in [0, 0.05) is 37.6 Å². The van der Waals surface area contributed by atoms with Crippen LogP contribution in [0, 0.1) is 11.7 Å². The summed E-state index contributed by atoms with van der Waals surface area (Å²) in [5.41, 5.74) is 1.56. The third kappa shape index (κ3) is 3.60. The van der Waals surface area contributed by atoms with Crippen LogP contribution < -0.4 is 5.32 Å². The number of benzene rings is 1. The van der Waals surface area contributed by atoms with E-state index in [1.54, 1.807) is 28.7 Å². The number of carbonyl (C=O) groups is 2. The highest BCUT2D eigenvalue weighted by Gasteiger charge is 2.34. The number of hydrogen-bond acceptors (Lipinski definition) is 6. The zero-order valence-electron chi connectivity index (χ0n) is 15.1. The summed E-state index contributed by atoms with van der Waals surface area (Å²) in [6, 6.07) is 6.08. The first-order chi connectivity index (χ1) is 13.5. The molecule has 28 heavy (non-hydrogen) atoms. The Hall–Kier alpha value is -2.85. The second-order valence-corrected chi connectivity index (χ2v) is 7.32. The summed E-state index contributed by atoms with van der Waals surface area (Å²) >= 11 is 1.37. The third-order valence-electron chi connectivity index (χ3n) is 4.61. The quantitative estimate of drug-likeness (QED) is 0.680. The predicted octanol–water partition coefficient (Wildman–Crippen LogP) is 2.03. The number of nitrogens with one attached hydrogen (secondary N) is 1. The fourth-order valence-electron chi connectivity index (χ4n) is 3.13. The number of aromatic nitrogens is 3. The summed E-state index contributed by atoms with van der Waals surface area (Å²) < 4.78 is 19.7. The summed E-state index contributed by atoms with van der Waals surface area (Å²) in [5, 5.41) is 8.91. The summed E-state index contributed by atoms with van der Waals surface area (Å²) in [4.78, 5) is 31.1. The summed E-state index contributed by atoms with van der Waals surface area (Å²) in [7, 11) is 1.57. The van der Waals surface area contributed by atoms with E-state index in [0.29, 0.717) is 24.7 Å². The highest BCUT2D eigenvalue weighted by Crippen LogP contribution is 2.26. The van der Waals surface area contributed by atoms with Crippen molar-refractivity contribution in [2.45, 2.75) is 6.42 Å². The molecule has 0 spiro atoms. The number of carbonyl (C=O) groups excluding carboxylic acids is 2. The van der Waals surface area contributed by atoms with Crippen molar-refractivity contribution < 1.29 is 18.7 Å². The molecule has 3 aromatic rings. The van der Waals surface area contributed by atoms with Gasteiger partial charge in [-0.05, 0) is 24.3 Å². The van der Waals surface area contributed by atoms with Crippen LogP contribution in [0.1, 0.15) is 6.42 Å². The summed E-state index contributed by atoms with van der Waals surface area (Å²) in [5.74, 6) is -0.915. The first-order valence-electron chi connectivity index (χ1n) is 8.73. The van der Waals surface area contributed by atoms with Gasteiger partial charge in [0.15, 0.2) is 0 Å². The number of methoxy groups -OCH3 is 1. The van der Waals surface area contributed by atoms with Gasteiger partial charge in [-0.2, -0.15) is 4.98 Å². The van der Waals surface area contributed by atoms with Crippen LogP contribution in [0.5, 0.6) is 0 Å². The topological polar surface area (TPSA) is 88.8 Å². The van der Waals surface area contributed by atoms with Crippen LogP contribution in [0.15, 0.2) is 29.6 Å². The van der Waals surface area contributed by atoms with E-state index in [-0.39, 0.29) is 30.0 Å². The van der Waals surface area contributed by atoms with Crippen LogP contribution in [0.25, 0.3) is 16.2 Å². The van der Waals surface area contributed by atoms with E-state index in [1.165, 1.54) is 23.5 Å². The van der Waals surface area contributed by atoms with Gasteiger partial charge in [-0.25, -0.2) is 8.91 Å². The Kier molecular flexibility index (Phi) is 5.05. The minimum Gasteiger partial charge on any atom is -0.383 e. The fraction of sp³-hybridized carbons (Fsp3) is 0.333. The molecule has 4 rings (SSSR count). The van der Waals surface area contributed by atoms with Crippen LogP contribution in [0.2, 0.25) is 0 Å². The average molecular weight is 403 g/mol. The zero-order chi connectivity index (χ0) is 19.7. The Morgan fingerprint density at radius 1 is 1.39 bits per heavy atom. The maximum Gasteiger partial charge on any atom is 0.250 e. The SMILES string of the molecule is COCCN1CC(C(=O)Nc2nc3scc(-c4ccc(F)cc4)n3n2)CC1=O. The van der Waals surface area contributed by atoms with Crippen molar-refractivity contribution in [3.8, 4) is 11.3 Å². The molecule has 0 radical (unpaired) electrons. The van der Waals surface area contributed by atoms with E-state index < -0.39 is 5.92 Å². The molecule has 0 aliphatic carbocycles. The number of rotatable bonds is 6. The van der Waals surface area contributed by atoms with Crippen LogP contribution in [-0.2, 0) is 14.3 Å². The molecule has 0 saturated carbocycles. The van der Waals surface area contributed by atoms with E-state index in [1.807, 2.05) is 5.38 Å². The second-order valence-electron chi connectivity index (χ2n) is 6.48. The van der Waals surface area contributed by atoms with Gasteiger partial charge in [-0.1, -0.05) is 0 Å². The number of likely N-dealkylation sites (tertiary alicyclic amines) is 1. The van der Waals surface area contributed by atoms with Crippen LogP contribution in [0.3, 0.4) is 0 Å². The predicted molar refractivity (Wildman–Crippen MR) is 101 cm³/mol. The number of anilines is 1. The number of thiazole rings is 1. The third-order valence-corrected chi connectivity index (χ3v) is 5.42. The highest BCUT2D eigenvalue weighted by atomic mass is 32.1. The highest BCUT2D eigenvalue weighted by molar-refractivity contribution is 7.15. The van der Waals surface area contributed by atoms with E-state index in [2.05, 4.69) is 15.4 Å². The minimum atomic E-state index is -0.442. The molecule has 1 aliphatic heterocycles. The lowest BCUT2D eigenvalue weighted by Crippen LogP contribution is -2.31. The van der Waals surface area contributed by atoms with Crippen molar-refractivity contribution in [3.05, 3.63) is 35.5 Å². The molecule has 1 atom stereocenters. The van der Waals surface area contributed by atoms with E-state index in [0.717, 1.165) is 11.3 Å². The van der Waals surface area contributed by atoms with Crippen molar-refractivity contribution in [2.24, 2.45) is 5.92 Å². The molecule has 1 saturated heterocycles. The van der Waals surface area contributed by atoms with Crippen molar-refractivity contribution in [3.63, 3.8) is 0 Å². The molecule has 10 heteroatoms. The Balaban J connectivity index is 1.47. The lowest BCUT2D eigenvalue weighted by Gasteiger charge is -2.15. The zero-order valence-corrected chi connectivity index (χ0v) is 15.9. The molecule has 1 aromatic carbocycles. The maximum atomic E-state index is 13.1. The van der Waals surface area contributed by atoms with Crippen molar-refractivity contribution >= 4 is 34.1 Å². The van der Waals surface area contributed by atoms with Crippen LogP contribution >= 0.6 is 11.3 Å². The summed E-state index contributed by atoms with van der Waals surface area (Å²) in [6.07, 6.45) is 0.165. The van der Waals surface area contributed by atoms with Crippen molar-refractivity contribution in [1.82, 2.24) is 19.5 Å². The number of amides is 2. The Labute approximate surface area is 163 Å². The van der Waals surface area contributed by atoms with E-state index in [9.17, 15) is 14.0 Å². The normalized spacial score (nSPS) is 16.9. The van der Waals surface area contributed by atoms with Gasteiger partial charge in [-0.15, -0.1) is 16.4 Å². The Morgan fingerprint density at radius 3 is 2.93 bits per heavy atom. The average Bonchev–Trinajstić information content (AvgIpc) is 3.35. The minimum absolute atomic E-state index is 0.0606. The number of nitrogens with zero attached hydrogens (tertiary/aromatic N) is 4. The van der Waals surface area contributed by atoms with E-state index >= 15 is 0 Å². The fourth-order valence-corrected chi connectivity index (χ4v) is 3.96. The monoisotopic (exact) mass is 403 g/mol. The van der Waals surface area contributed by atoms with Crippen molar-refractivity contribution in [1.29, 1.82) is 0 Å². The Morgan fingerprint density at radius 2 is 2.18 bits per heavy atom. The molecular weight excluding hydrogens is 385 g/mol. The second kappa shape index (κ2) is 7.64. The molecular formula is C18H18FN5O3S. The van der Waals surface area contributed by atoms with Crippen molar-refractivity contribution in [2.75, 3.05) is 32.1 Å². The standard InChI is InChI=1S/C18H18FN5O3S/c1-27-7-6-23-9-12(8-15(23)25)16(26)20-17-21-18-24(22-17)14(10-28-18)11-2-4-13(19)5-3-11/h2-5,10,12H,6-9H2,1H3,(H,20,22,26). The number of ether oxygens (including phenoxy) is 1.